The molecule has 0 N–H and O–H groups in total. The summed E-state index contributed by atoms with van der Waals surface area (Å²) in [6.45, 7) is 0. The molecule has 0 heterocycles. The van der Waals surface area contributed by atoms with Crippen LogP contribution in [0.3, 0.4) is 0 Å². The molecule has 0 saturated heterocycles. The third kappa shape index (κ3) is 1.97. The molecular weight excluding hydrogens is 132 g/mol. The standard InChI is InChI=1S/C11H16/c1-2-4-6-8-11-9-10(11)7-5-3-1/h3,7,10-11H,1-2,4,6,8-9H2. The van der Waals surface area contributed by atoms with E-state index in [2.05, 4.69) is 17.9 Å². The molecule has 2 unspecified atom stereocenters. The fourth-order valence-electron chi connectivity index (χ4n) is 1.91. The van der Waals surface area contributed by atoms with E-state index in [1.807, 2.05) is 0 Å². The van der Waals surface area contributed by atoms with Crippen LogP contribution in [0.2, 0.25) is 0 Å². The van der Waals surface area contributed by atoms with Crippen LogP contribution >= 0.6 is 0 Å². The second-order valence-corrected chi connectivity index (χ2v) is 3.84. The van der Waals surface area contributed by atoms with Gasteiger partial charge in [-0.2, -0.15) is 0 Å². The first kappa shape index (κ1) is 7.18. The quantitative estimate of drug-likeness (QED) is 0.462. The van der Waals surface area contributed by atoms with E-state index >= 15 is 0 Å². The maximum atomic E-state index is 3.30. The van der Waals surface area contributed by atoms with Crippen molar-refractivity contribution in [2.45, 2.75) is 38.5 Å². The van der Waals surface area contributed by atoms with Gasteiger partial charge in [0.15, 0.2) is 0 Å². The van der Waals surface area contributed by atoms with Gasteiger partial charge in [0.2, 0.25) is 0 Å². The maximum Gasteiger partial charge on any atom is -0.0126 e. The Morgan fingerprint density at radius 2 is 2.18 bits per heavy atom. The van der Waals surface area contributed by atoms with Gasteiger partial charge in [-0.1, -0.05) is 12.8 Å². The van der Waals surface area contributed by atoms with Gasteiger partial charge in [0.25, 0.3) is 0 Å². The van der Waals surface area contributed by atoms with Crippen molar-refractivity contribution in [2.24, 2.45) is 11.8 Å². The zero-order valence-corrected chi connectivity index (χ0v) is 7.05. The van der Waals surface area contributed by atoms with Crippen LogP contribution in [0, 0.1) is 11.8 Å². The van der Waals surface area contributed by atoms with Crippen molar-refractivity contribution in [2.75, 3.05) is 0 Å². The van der Waals surface area contributed by atoms with Gasteiger partial charge in [0.1, 0.15) is 0 Å². The summed E-state index contributed by atoms with van der Waals surface area (Å²) in [7, 11) is 0. The van der Waals surface area contributed by atoms with Crippen LogP contribution in [0.25, 0.3) is 0 Å². The minimum absolute atomic E-state index is 0.907. The molecule has 2 atom stereocenters. The molecule has 0 spiro atoms. The monoisotopic (exact) mass is 148 g/mol. The average molecular weight is 148 g/mol. The summed E-state index contributed by atoms with van der Waals surface area (Å²) in [5.74, 6) is 1.94. The van der Waals surface area contributed by atoms with Gasteiger partial charge in [-0.15, -0.1) is 5.73 Å². The highest BCUT2D eigenvalue weighted by Crippen LogP contribution is 2.43. The predicted molar refractivity (Wildman–Crippen MR) is 47.3 cm³/mol. The molecule has 0 aromatic heterocycles. The van der Waals surface area contributed by atoms with Gasteiger partial charge < -0.3 is 0 Å². The topological polar surface area (TPSA) is 0 Å². The van der Waals surface area contributed by atoms with Crippen molar-refractivity contribution < 1.29 is 0 Å². The van der Waals surface area contributed by atoms with E-state index in [4.69, 9.17) is 0 Å². The molecule has 2 aliphatic carbocycles. The van der Waals surface area contributed by atoms with E-state index in [9.17, 15) is 0 Å². The molecule has 0 amide bonds. The summed E-state index contributed by atoms with van der Waals surface area (Å²) < 4.78 is 0. The lowest BCUT2D eigenvalue weighted by atomic mass is 10.1. The van der Waals surface area contributed by atoms with Crippen molar-refractivity contribution in [3.8, 4) is 0 Å². The van der Waals surface area contributed by atoms with E-state index in [0.29, 0.717) is 0 Å². The Morgan fingerprint density at radius 3 is 3.18 bits per heavy atom. The molecule has 0 heteroatoms. The molecule has 11 heavy (non-hydrogen) atoms. The van der Waals surface area contributed by atoms with Crippen LogP contribution in [-0.2, 0) is 0 Å². The third-order valence-corrected chi connectivity index (χ3v) is 2.83. The summed E-state index contributed by atoms with van der Waals surface area (Å²) in [5, 5.41) is 0. The predicted octanol–water partition coefficient (Wildman–Crippen LogP) is 3.30. The van der Waals surface area contributed by atoms with Crippen LogP contribution in [0.5, 0.6) is 0 Å². The second-order valence-electron chi connectivity index (χ2n) is 3.84. The minimum atomic E-state index is 0.907. The van der Waals surface area contributed by atoms with E-state index in [-0.39, 0.29) is 0 Å². The van der Waals surface area contributed by atoms with Crippen molar-refractivity contribution in [3.63, 3.8) is 0 Å². The summed E-state index contributed by atoms with van der Waals surface area (Å²) in [4.78, 5) is 0. The first-order valence-corrected chi connectivity index (χ1v) is 4.88. The van der Waals surface area contributed by atoms with E-state index < -0.39 is 0 Å². The fraction of sp³-hybridized carbons (Fsp3) is 0.727. The molecule has 60 valence electrons. The van der Waals surface area contributed by atoms with Crippen LogP contribution in [-0.4, -0.2) is 0 Å². The first-order chi connectivity index (χ1) is 5.47. The summed E-state index contributed by atoms with van der Waals surface area (Å²) in [6, 6.07) is 0. The number of allylic oxidation sites excluding steroid dienone is 1. The van der Waals surface area contributed by atoms with Gasteiger partial charge in [-0.05, 0) is 49.7 Å². The van der Waals surface area contributed by atoms with Gasteiger partial charge in [0, 0.05) is 0 Å². The van der Waals surface area contributed by atoms with Crippen LogP contribution < -0.4 is 0 Å². The molecular formula is C11H16. The number of hydrogen-bond acceptors (Lipinski definition) is 0. The highest BCUT2D eigenvalue weighted by atomic mass is 14.4. The summed E-state index contributed by atoms with van der Waals surface area (Å²) in [6.07, 6.45) is 12.9. The maximum absolute atomic E-state index is 3.30. The van der Waals surface area contributed by atoms with E-state index in [0.717, 1.165) is 11.8 Å². The van der Waals surface area contributed by atoms with Gasteiger partial charge in [-0.3, -0.25) is 0 Å². The molecule has 0 aromatic rings. The Kier molecular flexibility index (Phi) is 2.14. The molecule has 0 radical (unpaired) electrons. The molecule has 0 bridgehead atoms. The smallest absolute Gasteiger partial charge is 0.0126 e. The first-order valence-electron chi connectivity index (χ1n) is 4.88. The molecule has 1 fully saturated rings. The average Bonchev–Trinajstić information content (AvgIpc) is 2.76. The molecule has 0 aromatic carbocycles. The lowest BCUT2D eigenvalue weighted by Crippen LogP contribution is -1.83. The lowest BCUT2D eigenvalue weighted by molar-refractivity contribution is 0.591. The minimum Gasteiger partial charge on any atom is -0.129 e. The van der Waals surface area contributed by atoms with E-state index in [1.165, 1.54) is 38.5 Å². The Balaban J connectivity index is 1.94. The molecule has 2 aliphatic rings. The van der Waals surface area contributed by atoms with Crippen molar-refractivity contribution in [1.29, 1.82) is 0 Å². The normalized spacial score (nSPS) is 36.4. The van der Waals surface area contributed by atoms with Crippen LogP contribution in [0.4, 0.5) is 0 Å². The Labute approximate surface area is 69.0 Å². The summed E-state index contributed by atoms with van der Waals surface area (Å²) in [5.41, 5.74) is 3.30. The molecule has 0 aliphatic heterocycles. The molecule has 1 saturated carbocycles. The largest absolute Gasteiger partial charge is 0.129 e. The fourth-order valence-corrected chi connectivity index (χ4v) is 1.91. The Morgan fingerprint density at radius 1 is 1.18 bits per heavy atom. The lowest BCUT2D eigenvalue weighted by Gasteiger charge is -1.98. The van der Waals surface area contributed by atoms with Crippen LogP contribution in [0.1, 0.15) is 38.5 Å². The summed E-state index contributed by atoms with van der Waals surface area (Å²) >= 11 is 0. The SMILES string of the molecule is C1=CCCCCCC2CC2C=1. The third-order valence-electron chi connectivity index (χ3n) is 2.83. The molecule has 0 nitrogen and oxygen atoms in total. The highest BCUT2D eigenvalue weighted by molar-refractivity contribution is 5.02. The Bertz CT molecular complexity index is 184. The van der Waals surface area contributed by atoms with Crippen molar-refractivity contribution in [1.82, 2.24) is 0 Å². The van der Waals surface area contributed by atoms with Crippen LogP contribution in [0.15, 0.2) is 17.9 Å². The van der Waals surface area contributed by atoms with Crippen molar-refractivity contribution in [3.05, 3.63) is 17.9 Å². The zero-order chi connectivity index (χ0) is 7.52. The zero-order valence-electron chi connectivity index (χ0n) is 7.05. The number of fused-ring (bicyclic) bond motifs is 1. The number of hydrogen-bond donors (Lipinski definition) is 0. The van der Waals surface area contributed by atoms with E-state index in [1.54, 1.807) is 0 Å². The van der Waals surface area contributed by atoms with Crippen molar-refractivity contribution >= 4 is 0 Å². The van der Waals surface area contributed by atoms with Gasteiger partial charge in [0.05, 0.1) is 0 Å². The van der Waals surface area contributed by atoms with Gasteiger partial charge in [-0.25, -0.2) is 0 Å². The number of rotatable bonds is 0. The van der Waals surface area contributed by atoms with Gasteiger partial charge >= 0.3 is 0 Å². The Hall–Kier alpha value is -0.480. The second kappa shape index (κ2) is 3.28. The molecule has 2 rings (SSSR count). The highest BCUT2D eigenvalue weighted by Gasteiger charge is 2.33.